The zero-order valence-corrected chi connectivity index (χ0v) is 21.7. The monoisotopic (exact) mass is 523 g/mol. The minimum Gasteiger partial charge on any atom is -0.496 e. The van der Waals surface area contributed by atoms with Crippen LogP contribution in [0.4, 0.5) is 0 Å². The lowest BCUT2D eigenvalue weighted by Gasteiger charge is -2.16. The van der Waals surface area contributed by atoms with E-state index in [-0.39, 0.29) is 16.2 Å². The van der Waals surface area contributed by atoms with Gasteiger partial charge in [-0.25, -0.2) is 18.2 Å². The first-order valence-electron chi connectivity index (χ1n) is 11.4. The van der Waals surface area contributed by atoms with Crippen molar-refractivity contribution in [1.82, 2.24) is 14.7 Å². The molecule has 3 heterocycles. The number of hydrogen-bond acceptors (Lipinski definition) is 9. The number of pyridine rings is 1. The molecule has 1 unspecified atom stereocenters. The van der Waals surface area contributed by atoms with Crippen molar-refractivity contribution in [3.8, 4) is 16.9 Å². The van der Waals surface area contributed by atoms with E-state index in [0.29, 0.717) is 44.8 Å². The summed E-state index contributed by atoms with van der Waals surface area (Å²) in [6, 6.07) is 9.39. The van der Waals surface area contributed by atoms with Crippen LogP contribution < -0.4 is 10.5 Å². The van der Waals surface area contributed by atoms with Gasteiger partial charge in [0.2, 0.25) is 0 Å². The van der Waals surface area contributed by atoms with Crippen molar-refractivity contribution < 1.29 is 27.2 Å². The fourth-order valence-corrected chi connectivity index (χ4v) is 5.40. The third kappa shape index (κ3) is 4.00. The van der Waals surface area contributed by atoms with E-state index < -0.39 is 28.2 Å². The van der Waals surface area contributed by atoms with Gasteiger partial charge in [-0.3, -0.25) is 4.57 Å². The third-order valence-electron chi connectivity index (χ3n) is 6.54. The van der Waals surface area contributed by atoms with E-state index in [2.05, 4.69) is 10.1 Å². The SMILES string of the molecule is COc1cc2c(cc1-c1c(C)noc1C)nc(CO)c1oc(=O)n(C(C)c3cccc(S(C)(=O)=O)c3)c12. The van der Waals surface area contributed by atoms with Gasteiger partial charge < -0.3 is 18.8 Å². The fourth-order valence-electron chi connectivity index (χ4n) is 4.72. The molecule has 192 valence electrons. The lowest BCUT2D eigenvalue weighted by molar-refractivity contribution is 0.277. The number of nitrogens with zero attached hydrogens (tertiary/aromatic N) is 3. The molecule has 0 fully saturated rings. The molecule has 5 aromatic rings. The molecule has 5 rings (SSSR count). The average molecular weight is 524 g/mol. The van der Waals surface area contributed by atoms with Gasteiger partial charge in [-0.2, -0.15) is 0 Å². The van der Waals surface area contributed by atoms with Gasteiger partial charge in [0.05, 0.1) is 41.4 Å². The van der Waals surface area contributed by atoms with Crippen LogP contribution in [0, 0.1) is 13.8 Å². The summed E-state index contributed by atoms with van der Waals surface area (Å²) in [6.07, 6.45) is 1.13. The van der Waals surface area contributed by atoms with Crippen LogP contribution in [-0.2, 0) is 16.4 Å². The Morgan fingerprint density at radius 1 is 1.19 bits per heavy atom. The molecule has 0 radical (unpaired) electrons. The van der Waals surface area contributed by atoms with E-state index in [1.165, 1.54) is 23.8 Å². The minimum absolute atomic E-state index is 0.144. The van der Waals surface area contributed by atoms with Gasteiger partial charge in [0, 0.05) is 17.2 Å². The number of aliphatic hydroxyl groups excluding tert-OH is 1. The summed E-state index contributed by atoms with van der Waals surface area (Å²) in [4.78, 5) is 17.9. The molecule has 0 aliphatic rings. The van der Waals surface area contributed by atoms with E-state index in [1.54, 1.807) is 38.1 Å². The fraction of sp³-hybridized carbons (Fsp3) is 0.269. The molecule has 10 nitrogen and oxygen atoms in total. The molecule has 0 spiro atoms. The number of aromatic nitrogens is 3. The van der Waals surface area contributed by atoms with Gasteiger partial charge in [0.15, 0.2) is 15.4 Å². The van der Waals surface area contributed by atoms with E-state index in [0.717, 1.165) is 11.8 Å². The van der Waals surface area contributed by atoms with E-state index >= 15 is 0 Å². The lowest BCUT2D eigenvalue weighted by atomic mass is 10.00. The standard InChI is InChI=1S/C26H25N3O7S/c1-13-23(15(3)36-28-13)19-10-20-18(11-22(19)34-4)24-25(21(12-30)27-20)35-26(31)29(24)14(2)16-7-6-8-17(9-16)37(5,32)33/h6-11,14,30H,12H2,1-5H3. The minimum atomic E-state index is -3.45. The largest absolute Gasteiger partial charge is 0.496 e. The number of methoxy groups -OCH3 is 1. The molecule has 2 aromatic carbocycles. The van der Waals surface area contributed by atoms with Crippen LogP contribution >= 0.6 is 0 Å². The van der Waals surface area contributed by atoms with Gasteiger partial charge in [-0.15, -0.1) is 0 Å². The van der Waals surface area contributed by atoms with Crippen LogP contribution in [0.25, 0.3) is 33.1 Å². The van der Waals surface area contributed by atoms with Gasteiger partial charge in [0.1, 0.15) is 22.7 Å². The number of hydrogen-bond donors (Lipinski definition) is 1. The topological polar surface area (TPSA) is 138 Å². The quantitative estimate of drug-likeness (QED) is 0.351. The summed E-state index contributed by atoms with van der Waals surface area (Å²) < 4.78 is 42.3. The Labute approximate surface area is 212 Å². The number of aliphatic hydroxyl groups is 1. The van der Waals surface area contributed by atoms with Crippen molar-refractivity contribution in [2.75, 3.05) is 13.4 Å². The summed E-state index contributed by atoms with van der Waals surface area (Å²) in [5, 5.41) is 14.7. The van der Waals surface area contributed by atoms with E-state index in [1.807, 2.05) is 6.92 Å². The molecule has 1 N–H and O–H groups in total. The molecule has 0 saturated carbocycles. The van der Waals surface area contributed by atoms with Gasteiger partial charge in [0.25, 0.3) is 0 Å². The van der Waals surface area contributed by atoms with Crippen LogP contribution in [0.15, 0.2) is 55.0 Å². The second-order valence-corrected chi connectivity index (χ2v) is 10.9. The molecular formula is C26H25N3O7S. The predicted molar refractivity (Wildman–Crippen MR) is 137 cm³/mol. The van der Waals surface area contributed by atoms with Crippen LogP contribution in [-0.4, -0.2) is 41.6 Å². The number of ether oxygens (including phenoxy) is 1. The predicted octanol–water partition coefficient (Wildman–Crippen LogP) is 3.93. The highest BCUT2D eigenvalue weighted by molar-refractivity contribution is 7.90. The molecule has 0 aliphatic heterocycles. The number of benzene rings is 2. The van der Waals surface area contributed by atoms with Gasteiger partial charge in [-0.05, 0) is 50.6 Å². The highest BCUT2D eigenvalue weighted by Gasteiger charge is 2.25. The lowest BCUT2D eigenvalue weighted by Crippen LogP contribution is -2.19. The highest BCUT2D eigenvalue weighted by Crippen LogP contribution is 2.40. The number of sulfone groups is 1. The number of rotatable bonds is 6. The molecule has 0 bridgehead atoms. The summed E-state index contributed by atoms with van der Waals surface area (Å²) in [5.74, 6) is 0.455. The first-order chi connectivity index (χ1) is 17.5. The summed E-state index contributed by atoms with van der Waals surface area (Å²) >= 11 is 0. The van der Waals surface area contributed by atoms with Crippen LogP contribution in [0.3, 0.4) is 0 Å². The van der Waals surface area contributed by atoms with Crippen molar-refractivity contribution in [2.24, 2.45) is 0 Å². The normalized spacial score (nSPS) is 12.9. The number of aryl methyl sites for hydroxylation is 2. The second kappa shape index (κ2) is 8.86. The van der Waals surface area contributed by atoms with Crippen LogP contribution in [0.2, 0.25) is 0 Å². The maximum atomic E-state index is 13.2. The molecule has 0 amide bonds. The summed E-state index contributed by atoms with van der Waals surface area (Å²) in [7, 11) is -1.91. The highest BCUT2D eigenvalue weighted by atomic mass is 32.2. The van der Waals surface area contributed by atoms with Crippen molar-refractivity contribution >= 4 is 31.8 Å². The zero-order valence-electron chi connectivity index (χ0n) is 20.9. The van der Waals surface area contributed by atoms with Crippen LogP contribution in [0.5, 0.6) is 5.75 Å². The molecular weight excluding hydrogens is 498 g/mol. The van der Waals surface area contributed by atoms with E-state index in [9.17, 15) is 18.3 Å². The Kier molecular flexibility index (Phi) is 5.92. The Hall–Kier alpha value is -3.96. The van der Waals surface area contributed by atoms with Gasteiger partial charge >= 0.3 is 5.76 Å². The molecule has 37 heavy (non-hydrogen) atoms. The molecule has 0 saturated heterocycles. The van der Waals surface area contributed by atoms with Gasteiger partial charge in [-0.1, -0.05) is 17.3 Å². The van der Waals surface area contributed by atoms with Crippen molar-refractivity contribution in [3.63, 3.8) is 0 Å². The summed E-state index contributed by atoms with van der Waals surface area (Å²) in [6.45, 7) is 4.95. The smallest absolute Gasteiger partial charge is 0.420 e. The molecule has 0 aliphatic carbocycles. The average Bonchev–Trinajstić information content (AvgIpc) is 3.39. The summed E-state index contributed by atoms with van der Waals surface area (Å²) in [5.41, 5.74) is 4.01. The Bertz CT molecular complexity index is 1830. The Balaban J connectivity index is 1.84. The second-order valence-electron chi connectivity index (χ2n) is 8.92. The van der Waals surface area contributed by atoms with Crippen LogP contribution in [0.1, 0.15) is 35.7 Å². The maximum absolute atomic E-state index is 13.2. The Morgan fingerprint density at radius 2 is 1.95 bits per heavy atom. The van der Waals surface area contributed by atoms with Crippen molar-refractivity contribution in [2.45, 2.75) is 38.3 Å². The zero-order chi connectivity index (χ0) is 26.6. The molecule has 1 atom stereocenters. The Morgan fingerprint density at radius 3 is 2.57 bits per heavy atom. The van der Waals surface area contributed by atoms with Crippen molar-refractivity contribution in [1.29, 1.82) is 0 Å². The van der Waals surface area contributed by atoms with E-state index in [4.69, 9.17) is 13.7 Å². The first-order valence-corrected chi connectivity index (χ1v) is 13.3. The number of fused-ring (bicyclic) bond motifs is 3. The molecule has 3 aromatic heterocycles. The van der Waals surface area contributed by atoms with Crippen molar-refractivity contribution in [3.05, 3.63) is 69.7 Å². The maximum Gasteiger partial charge on any atom is 0.420 e. The number of oxazole rings is 1. The first kappa shape index (κ1) is 24.7. The molecule has 11 heteroatoms. The third-order valence-corrected chi connectivity index (χ3v) is 7.65.